The number of aromatic nitrogens is 2. The summed E-state index contributed by atoms with van der Waals surface area (Å²) in [6, 6.07) is 0.131. The minimum Gasteiger partial charge on any atom is -0.478 e. The van der Waals surface area contributed by atoms with Gasteiger partial charge in [0.05, 0.1) is 17.9 Å². The number of carbonyl (C=O) groups is 1. The maximum atomic E-state index is 10.6. The number of carboxylic acid groups (broad SMARTS) is 1. The van der Waals surface area contributed by atoms with Gasteiger partial charge in [0.2, 0.25) is 0 Å². The van der Waals surface area contributed by atoms with E-state index in [0.717, 1.165) is 0 Å². The van der Waals surface area contributed by atoms with Gasteiger partial charge in [0.15, 0.2) is 0 Å². The second kappa shape index (κ2) is 5.26. The van der Waals surface area contributed by atoms with E-state index in [1.807, 2.05) is 0 Å². The molecule has 0 amide bonds. The Hall–Kier alpha value is -1.69. The number of nitrogens with zero attached hydrogens (tertiary/aromatic N) is 2. The summed E-state index contributed by atoms with van der Waals surface area (Å²) in [5.74, 6) is -1.06. The summed E-state index contributed by atoms with van der Waals surface area (Å²) in [7, 11) is 0. The van der Waals surface area contributed by atoms with Crippen LogP contribution in [-0.4, -0.2) is 39.4 Å². The van der Waals surface area contributed by atoms with Gasteiger partial charge < -0.3 is 14.9 Å². The summed E-state index contributed by atoms with van der Waals surface area (Å²) < 4.78 is 5.09. The van der Waals surface area contributed by atoms with Crippen LogP contribution in [0.15, 0.2) is 6.20 Å². The van der Waals surface area contributed by atoms with Crippen LogP contribution in [0, 0.1) is 6.92 Å². The third kappa shape index (κ3) is 3.17. The highest BCUT2D eigenvalue weighted by Gasteiger charge is 2.10. The van der Waals surface area contributed by atoms with Gasteiger partial charge in [-0.3, -0.25) is 0 Å². The van der Waals surface area contributed by atoms with Crippen LogP contribution < -0.4 is 4.74 Å². The van der Waals surface area contributed by atoms with Crippen molar-refractivity contribution in [3.63, 3.8) is 0 Å². The van der Waals surface area contributed by atoms with Crippen LogP contribution in [0.3, 0.4) is 0 Å². The lowest BCUT2D eigenvalue weighted by Crippen LogP contribution is -2.07. The lowest BCUT2D eigenvalue weighted by molar-refractivity contribution is 0.0695. The number of aliphatic hydroxyl groups is 1. The van der Waals surface area contributed by atoms with Crippen molar-refractivity contribution in [1.29, 1.82) is 0 Å². The zero-order valence-corrected chi connectivity index (χ0v) is 8.30. The minimum absolute atomic E-state index is 0.0339. The molecule has 6 heteroatoms. The van der Waals surface area contributed by atoms with Crippen LogP contribution in [0.2, 0.25) is 0 Å². The molecule has 1 aromatic heterocycles. The van der Waals surface area contributed by atoms with E-state index in [9.17, 15) is 4.79 Å². The summed E-state index contributed by atoms with van der Waals surface area (Å²) >= 11 is 0. The lowest BCUT2D eigenvalue weighted by Gasteiger charge is -2.04. The molecular weight excluding hydrogens is 200 g/mol. The van der Waals surface area contributed by atoms with Gasteiger partial charge in [0, 0.05) is 19.2 Å². The Morgan fingerprint density at radius 2 is 2.33 bits per heavy atom. The van der Waals surface area contributed by atoms with Gasteiger partial charge >= 0.3 is 12.0 Å². The van der Waals surface area contributed by atoms with Crippen molar-refractivity contribution in [1.82, 2.24) is 9.97 Å². The van der Waals surface area contributed by atoms with Crippen molar-refractivity contribution in [3.8, 4) is 6.01 Å². The number of aryl methyl sites for hydroxylation is 1. The lowest BCUT2D eigenvalue weighted by atomic mass is 10.2. The SMILES string of the molecule is Cc1nc(OCCCO)ncc1C(=O)O. The molecule has 1 rings (SSSR count). The molecule has 0 aliphatic carbocycles. The number of carboxylic acids is 1. The number of ether oxygens (including phenoxy) is 1. The number of aromatic carboxylic acids is 1. The van der Waals surface area contributed by atoms with Crippen molar-refractivity contribution < 1.29 is 19.7 Å². The fourth-order valence-electron chi connectivity index (χ4n) is 0.953. The average molecular weight is 212 g/mol. The van der Waals surface area contributed by atoms with Crippen molar-refractivity contribution >= 4 is 5.97 Å². The first kappa shape index (κ1) is 11.4. The third-order valence-electron chi connectivity index (χ3n) is 1.72. The van der Waals surface area contributed by atoms with Gasteiger partial charge in [-0.15, -0.1) is 0 Å². The molecule has 0 spiro atoms. The molecule has 0 saturated carbocycles. The smallest absolute Gasteiger partial charge is 0.339 e. The Bertz CT molecular complexity index is 354. The van der Waals surface area contributed by atoms with Crippen LogP contribution >= 0.6 is 0 Å². The van der Waals surface area contributed by atoms with Crippen LogP contribution in [0.4, 0.5) is 0 Å². The van der Waals surface area contributed by atoms with E-state index < -0.39 is 5.97 Å². The van der Waals surface area contributed by atoms with Crippen LogP contribution in [0.25, 0.3) is 0 Å². The predicted octanol–water partition coefficient (Wildman–Crippen LogP) is 0.244. The van der Waals surface area contributed by atoms with Gasteiger partial charge in [-0.2, -0.15) is 4.98 Å². The first-order chi connectivity index (χ1) is 7.15. The van der Waals surface area contributed by atoms with Gasteiger partial charge in [0.1, 0.15) is 0 Å². The molecule has 0 aliphatic heterocycles. The van der Waals surface area contributed by atoms with E-state index in [4.69, 9.17) is 14.9 Å². The Kier molecular flexibility index (Phi) is 3.99. The number of hydrogen-bond donors (Lipinski definition) is 2. The summed E-state index contributed by atoms with van der Waals surface area (Å²) in [5.41, 5.74) is 0.418. The Labute approximate surface area is 86.6 Å². The van der Waals surface area contributed by atoms with Crippen LogP contribution in [0.5, 0.6) is 6.01 Å². The van der Waals surface area contributed by atoms with Crippen molar-refractivity contribution in [3.05, 3.63) is 17.5 Å². The van der Waals surface area contributed by atoms with Crippen molar-refractivity contribution in [2.45, 2.75) is 13.3 Å². The first-order valence-corrected chi connectivity index (χ1v) is 4.45. The normalized spacial score (nSPS) is 10.0. The van der Waals surface area contributed by atoms with Gasteiger partial charge in [0.25, 0.3) is 0 Å². The summed E-state index contributed by atoms with van der Waals surface area (Å²) in [6.45, 7) is 1.92. The summed E-state index contributed by atoms with van der Waals surface area (Å²) in [6.07, 6.45) is 1.70. The topological polar surface area (TPSA) is 92.5 Å². The first-order valence-electron chi connectivity index (χ1n) is 4.45. The van der Waals surface area contributed by atoms with E-state index in [1.54, 1.807) is 6.92 Å². The molecule has 15 heavy (non-hydrogen) atoms. The van der Waals surface area contributed by atoms with E-state index in [2.05, 4.69) is 9.97 Å². The highest BCUT2D eigenvalue weighted by Crippen LogP contribution is 2.08. The molecule has 1 aromatic rings. The fraction of sp³-hybridized carbons (Fsp3) is 0.444. The molecule has 0 fully saturated rings. The monoisotopic (exact) mass is 212 g/mol. The number of aliphatic hydroxyl groups excluding tert-OH is 1. The molecule has 0 radical (unpaired) electrons. The second-order valence-corrected chi connectivity index (χ2v) is 2.88. The van der Waals surface area contributed by atoms with E-state index in [0.29, 0.717) is 18.7 Å². The highest BCUT2D eigenvalue weighted by atomic mass is 16.5. The molecule has 1 heterocycles. The quantitative estimate of drug-likeness (QED) is 0.679. The van der Waals surface area contributed by atoms with Crippen LogP contribution in [-0.2, 0) is 0 Å². The Morgan fingerprint density at radius 1 is 1.60 bits per heavy atom. The Balaban J connectivity index is 2.69. The largest absolute Gasteiger partial charge is 0.478 e. The summed E-state index contributed by atoms with van der Waals surface area (Å²) in [5, 5.41) is 17.2. The molecule has 0 bridgehead atoms. The molecule has 0 aliphatic rings. The molecule has 82 valence electrons. The standard InChI is InChI=1S/C9H12N2O4/c1-6-7(8(13)14)5-10-9(11-6)15-4-2-3-12/h5,12H,2-4H2,1H3,(H,13,14). The average Bonchev–Trinajstić information content (AvgIpc) is 2.17. The third-order valence-corrected chi connectivity index (χ3v) is 1.72. The maximum absolute atomic E-state index is 10.6. The molecule has 0 saturated heterocycles. The zero-order valence-electron chi connectivity index (χ0n) is 8.30. The van der Waals surface area contributed by atoms with Gasteiger partial charge in [-0.05, 0) is 6.92 Å². The molecule has 0 unspecified atom stereocenters. The summed E-state index contributed by atoms with van der Waals surface area (Å²) in [4.78, 5) is 18.2. The molecule has 0 aromatic carbocycles. The minimum atomic E-state index is -1.06. The highest BCUT2D eigenvalue weighted by molar-refractivity contribution is 5.88. The molecule has 6 nitrogen and oxygen atoms in total. The van der Waals surface area contributed by atoms with Gasteiger partial charge in [-0.1, -0.05) is 0 Å². The van der Waals surface area contributed by atoms with E-state index in [-0.39, 0.29) is 18.2 Å². The zero-order chi connectivity index (χ0) is 11.3. The molecule has 2 N–H and O–H groups in total. The Morgan fingerprint density at radius 3 is 2.87 bits per heavy atom. The number of hydrogen-bond acceptors (Lipinski definition) is 5. The van der Waals surface area contributed by atoms with Crippen LogP contribution in [0.1, 0.15) is 22.5 Å². The van der Waals surface area contributed by atoms with E-state index >= 15 is 0 Å². The second-order valence-electron chi connectivity index (χ2n) is 2.88. The fourth-order valence-corrected chi connectivity index (χ4v) is 0.953. The predicted molar refractivity (Wildman–Crippen MR) is 50.9 cm³/mol. The molecule has 0 atom stereocenters. The van der Waals surface area contributed by atoms with Crippen molar-refractivity contribution in [2.75, 3.05) is 13.2 Å². The number of rotatable bonds is 5. The van der Waals surface area contributed by atoms with Crippen molar-refractivity contribution in [2.24, 2.45) is 0 Å². The maximum Gasteiger partial charge on any atom is 0.339 e. The molecular formula is C9H12N2O4. The van der Waals surface area contributed by atoms with Gasteiger partial charge in [-0.25, -0.2) is 9.78 Å². The van der Waals surface area contributed by atoms with E-state index in [1.165, 1.54) is 6.20 Å².